The molecule has 6 unspecified atom stereocenters. The second-order valence-corrected chi connectivity index (χ2v) is 34.2. The first-order valence-electron chi connectivity index (χ1n) is 40.3. The van der Waals surface area contributed by atoms with Crippen LogP contribution in [-0.2, 0) is 0 Å². The highest BCUT2D eigenvalue weighted by Crippen LogP contribution is 2.27. The summed E-state index contributed by atoms with van der Waals surface area (Å²) in [5, 5.41) is 45.0. The average Bonchev–Trinajstić information content (AvgIpc) is 1.77. The Bertz CT molecular complexity index is 1230. The van der Waals surface area contributed by atoms with E-state index in [-0.39, 0.29) is 24.4 Å². The number of unbranched alkanes of at least 4 members (excludes halogenated alkanes) is 44. The largest absolute Gasteiger partial charge is 0.392 e. The van der Waals surface area contributed by atoms with Crippen LogP contribution in [0.15, 0.2) is 0 Å². The van der Waals surface area contributed by atoms with E-state index in [0.717, 1.165) is 114 Å². The summed E-state index contributed by atoms with van der Waals surface area (Å²) in [6.45, 7) is 23.1. The average molecular weight is 1350 g/mol. The van der Waals surface area contributed by atoms with Crippen LogP contribution in [0.4, 0.5) is 0 Å². The highest BCUT2D eigenvalue weighted by molar-refractivity contribution is 8.77. The first kappa shape index (κ1) is 89.1. The lowest BCUT2D eigenvalue weighted by Crippen LogP contribution is -2.57. The summed E-state index contributed by atoms with van der Waals surface area (Å²) >= 11 is 0. The molecule has 0 aliphatic carbocycles. The van der Waals surface area contributed by atoms with Crippen LogP contribution < -0.4 is 0 Å². The molecule has 540 valence electrons. The smallest absolute Gasteiger partial charge is 0.0667 e. The van der Waals surface area contributed by atoms with E-state index in [0.29, 0.717) is 38.3 Å². The molecule has 0 aromatic heterocycles. The predicted molar refractivity (Wildman–Crippen MR) is 412 cm³/mol. The van der Waals surface area contributed by atoms with Crippen LogP contribution in [0.2, 0.25) is 0 Å². The zero-order chi connectivity index (χ0) is 65.3. The number of piperazine rings is 1. The molecule has 0 saturated carbocycles. The molecule has 1 aliphatic rings. The number of hydrogen-bond acceptors (Lipinski definition) is 12. The number of hydrogen-bond donors (Lipinski definition) is 4. The van der Waals surface area contributed by atoms with Crippen LogP contribution >= 0.6 is 43.2 Å². The lowest BCUT2D eigenvalue weighted by atomic mass is 10.0. The monoisotopic (exact) mass is 1350 g/mol. The Hall–Kier alpha value is 1.08. The van der Waals surface area contributed by atoms with E-state index < -0.39 is 0 Å². The maximum atomic E-state index is 11.2. The number of nitrogens with zero attached hydrogens (tertiary/aromatic N) is 4. The van der Waals surface area contributed by atoms with Crippen molar-refractivity contribution in [3.05, 3.63) is 0 Å². The van der Waals surface area contributed by atoms with E-state index in [1.807, 2.05) is 43.2 Å². The summed E-state index contributed by atoms with van der Waals surface area (Å²) in [7, 11) is 7.99. The highest BCUT2D eigenvalue weighted by Gasteiger charge is 2.28. The van der Waals surface area contributed by atoms with E-state index in [4.69, 9.17) is 0 Å². The van der Waals surface area contributed by atoms with Crippen LogP contribution in [0.1, 0.15) is 375 Å². The number of rotatable bonds is 74. The Balaban J connectivity index is 2.51. The molecule has 0 aromatic carbocycles. The van der Waals surface area contributed by atoms with Crippen molar-refractivity contribution in [2.75, 3.05) is 88.5 Å². The van der Waals surface area contributed by atoms with Gasteiger partial charge in [-0.3, -0.25) is 19.6 Å². The van der Waals surface area contributed by atoms with Crippen LogP contribution in [0.3, 0.4) is 0 Å². The molecule has 6 atom stereocenters. The standard InChI is InChI=1S/C78H160N4O4S4/c1-7-11-15-19-23-27-31-35-39-43-47-51-55-75(83)69-79(70-76(84)56-52-48-44-40-36-32-28-24-20-16-12-8-2)59-63-87-89-65-61-81-67-74(6)82(68-73(81)5)62-66-90-88-64-60-80(71-77(85)57-53-49-45-41-37-33-29-25-21-17-13-9-3)72-78(86)58-54-50-46-42-38-34-30-26-22-18-14-10-4/h73-78,83-86H,7-72H2,1-6H3. The Morgan fingerprint density at radius 2 is 0.456 bits per heavy atom. The molecule has 0 spiro atoms. The van der Waals surface area contributed by atoms with Gasteiger partial charge in [0.1, 0.15) is 0 Å². The van der Waals surface area contributed by atoms with Crippen molar-refractivity contribution in [1.82, 2.24) is 19.6 Å². The molecule has 12 heteroatoms. The minimum Gasteiger partial charge on any atom is -0.392 e. The molecule has 4 N–H and O–H groups in total. The van der Waals surface area contributed by atoms with Gasteiger partial charge in [0.15, 0.2) is 0 Å². The van der Waals surface area contributed by atoms with Gasteiger partial charge in [-0.15, -0.1) is 0 Å². The second-order valence-electron chi connectivity index (χ2n) is 28.8. The van der Waals surface area contributed by atoms with E-state index in [1.165, 1.54) is 283 Å². The fourth-order valence-corrected chi connectivity index (χ4v) is 17.8. The topological polar surface area (TPSA) is 93.9 Å². The Kier molecular flexibility index (Phi) is 69.3. The van der Waals surface area contributed by atoms with Gasteiger partial charge in [0, 0.05) is 101 Å². The predicted octanol–water partition coefficient (Wildman–Crippen LogP) is 22.6. The zero-order valence-corrected chi connectivity index (χ0v) is 64.6. The van der Waals surface area contributed by atoms with Crippen LogP contribution in [0, 0.1) is 0 Å². The molecule has 90 heavy (non-hydrogen) atoms. The summed E-state index contributed by atoms with van der Waals surface area (Å²) in [6, 6.07) is 1.10. The van der Waals surface area contributed by atoms with Gasteiger partial charge in [-0.25, -0.2) is 0 Å². The van der Waals surface area contributed by atoms with Crippen LogP contribution in [0.5, 0.6) is 0 Å². The van der Waals surface area contributed by atoms with Crippen molar-refractivity contribution in [1.29, 1.82) is 0 Å². The Morgan fingerprint density at radius 3 is 0.656 bits per heavy atom. The second kappa shape index (κ2) is 70.0. The van der Waals surface area contributed by atoms with Crippen LogP contribution in [0.25, 0.3) is 0 Å². The third kappa shape index (κ3) is 60.3. The summed E-state index contributed by atoms with van der Waals surface area (Å²) in [5.74, 6) is 4.30. The summed E-state index contributed by atoms with van der Waals surface area (Å²) in [5.41, 5.74) is 0. The molecule has 0 radical (unpaired) electrons. The molecule has 1 fully saturated rings. The quantitative estimate of drug-likeness (QED) is 0.0345. The normalized spacial score (nSPS) is 16.5. The minimum absolute atomic E-state index is 0.311. The molecule has 1 heterocycles. The van der Waals surface area contributed by atoms with E-state index in [2.05, 4.69) is 61.1 Å². The summed E-state index contributed by atoms with van der Waals surface area (Å²) in [4.78, 5) is 10.2. The summed E-state index contributed by atoms with van der Waals surface area (Å²) < 4.78 is 0. The van der Waals surface area contributed by atoms with Crippen LogP contribution in [-0.4, -0.2) is 165 Å². The highest BCUT2D eigenvalue weighted by atomic mass is 33.1. The zero-order valence-electron chi connectivity index (χ0n) is 61.3. The third-order valence-electron chi connectivity index (χ3n) is 19.8. The molecule has 1 rings (SSSR count). The molecule has 1 aliphatic heterocycles. The first-order chi connectivity index (χ1) is 44.1. The van der Waals surface area contributed by atoms with Gasteiger partial charge in [0.25, 0.3) is 0 Å². The van der Waals surface area contributed by atoms with Gasteiger partial charge in [-0.05, 0) is 39.5 Å². The van der Waals surface area contributed by atoms with Crippen molar-refractivity contribution >= 4 is 43.2 Å². The van der Waals surface area contributed by atoms with E-state index >= 15 is 0 Å². The molecule has 0 aromatic rings. The van der Waals surface area contributed by atoms with Crippen molar-refractivity contribution in [2.45, 2.75) is 412 Å². The number of aliphatic hydroxyl groups excluding tert-OH is 4. The Labute approximate surface area is 579 Å². The third-order valence-corrected chi connectivity index (χ3v) is 24.5. The minimum atomic E-state index is -0.311. The van der Waals surface area contributed by atoms with E-state index in [1.54, 1.807) is 0 Å². The lowest BCUT2D eigenvalue weighted by molar-refractivity contribution is 0.0516. The van der Waals surface area contributed by atoms with Gasteiger partial charge in [-0.1, -0.05) is 379 Å². The van der Waals surface area contributed by atoms with Crippen molar-refractivity contribution < 1.29 is 20.4 Å². The Morgan fingerprint density at radius 1 is 0.278 bits per heavy atom. The van der Waals surface area contributed by atoms with Gasteiger partial charge < -0.3 is 20.4 Å². The SMILES string of the molecule is CCCCCCCCCCCCCCC(O)CN(CCSSCCN1CC(C)N(CCSSCCN(CC(O)CCCCCCCCCCCCCC)CC(O)CCCCCCCCCCCCCC)CC1C)CC(O)CCCCCCCCCCCCCC. The molecule has 8 nitrogen and oxygen atoms in total. The molecule has 0 bridgehead atoms. The van der Waals surface area contributed by atoms with Gasteiger partial charge >= 0.3 is 0 Å². The molecular formula is C78H160N4O4S4. The fourth-order valence-electron chi connectivity index (χ4n) is 13.7. The van der Waals surface area contributed by atoms with Crippen molar-refractivity contribution in [3.8, 4) is 0 Å². The molecule has 0 amide bonds. The van der Waals surface area contributed by atoms with E-state index in [9.17, 15) is 20.4 Å². The molecule has 1 saturated heterocycles. The maximum absolute atomic E-state index is 11.2. The van der Waals surface area contributed by atoms with Crippen molar-refractivity contribution in [3.63, 3.8) is 0 Å². The fraction of sp³-hybridized carbons (Fsp3) is 1.00. The lowest BCUT2D eigenvalue weighted by Gasteiger charge is -2.44. The van der Waals surface area contributed by atoms with Crippen molar-refractivity contribution in [2.24, 2.45) is 0 Å². The van der Waals surface area contributed by atoms with Gasteiger partial charge in [0.05, 0.1) is 24.4 Å². The first-order valence-corrected chi connectivity index (χ1v) is 45.2. The molecular weight excluding hydrogens is 1190 g/mol. The number of aliphatic hydroxyl groups is 4. The van der Waals surface area contributed by atoms with Gasteiger partial charge in [0.2, 0.25) is 0 Å². The maximum Gasteiger partial charge on any atom is 0.0667 e. The van der Waals surface area contributed by atoms with Gasteiger partial charge in [-0.2, -0.15) is 0 Å². The summed E-state index contributed by atoms with van der Waals surface area (Å²) in [6.07, 6.45) is 66.6.